The number of benzene rings is 1. The molecule has 0 spiro atoms. The minimum atomic E-state index is -0.711. The number of aromatic nitrogens is 3. The predicted octanol–water partition coefficient (Wildman–Crippen LogP) is 2.70. The van der Waals surface area contributed by atoms with Gasteiger partial charge in [0.25, 0.3) is 5.91 Å². The maximum Gasteiger partial charge on any atom is 0.273 e. The standard InChI is InChI=1S/C21H29N7O2/c1-12(2)14-8-10-15(11-9-14)24-20-18(19(22)30)27-28-21(26-20)25-17-7-5-4-6-16(17)23-13(3)29/h8-12,16-17H,4-7H2,1-3H3,(H2,22,30)(H,23,29)(H2,24,25,26,28)/t16-,17-/m1/s1. The van der Waals surface area contributed by atoms with Crippen LogP contribution in [0.25, 0.3) is 0 Å². The van der Waals surface area contributed by atoms with Crippen LogP contribution in [0.5, 0.6) is 0 Å². The molecule has 0 bridgehead atoms. The highest BCUT2D eigenvalue weighted by atomic mass is 16.1. The van der Waals surface area contributed by atoms with Gasteiger partial charge in [-0.3, -0.25) is 9.59 Å². The van der Waals surface area contributed by atoms with Crippen molar-refractivity contribution in [2.45, 2.75) is 64.5 Å². The van der Waals surface area contributed by atoms with Crippen LogP contribution in [-0.2, 0) is 4.79 Å². The topological polar surface area (TPSA) is 135 Å². The van der Waals surface area contributed by atoms with E-state index in [1.54, 1.807) is 0 Å². The van der Waals surface area contributed by atoms with Gasteiger partial charge < -0.3 is 21.7 Å². The van der Waals surface area contributed by atoms with Crippen molar-refractivity contribution in [3.8, 4) is 0 Å². The van der Waals surface area contributed by atoms with Gasteiger partial charge in [0.15, 0.2) is 11.5 Å². The highest BCUT2D eigenvalue weighted by Crippen LogP contribution is 2.24. The second-order valence-corrected chi connectivity index (χ2v) is 7.94. The van der Waals surface area contributed by atoms with Gasteiger partial charge >= 0.3 is 0 Å². The van der Waals surface area contributed by atoms with Crippen LogP contribution < -0.4 is 21.7 Å². The molecule has 0 unspecified atom stereocenters. The first-order valence-electron chi connectivity index (χ1n) is 10.3. The van der Waals surface area contributed by atoms with Crippen LogP contribution in [0.15, 0.2) is 24.3 Å². The maximum atomic E-state index is 11.8. The van der Waals surface area contributed by atoms with Gasteiger partial charge in [-0.2, -0.15) is 4.98 Å². The predicted molar refractivity (Wildman–Crippen MR) is 116 cm³/mol. The summed E-state index contributed by atoms with van der Waals surface area (Å²) in [5.41, 5.74) is 7.40. The second kappa shape index (κ2) is 9.51. The van der Waals surface area contributed by atoms with E-state index in [-0.39, 0.29) is 35.5 Å². The van der Waals surface area contributed by atoms with E-state index in [0.717, 1.165) is 31.4 Å². The highest BCUT2D eigenvalue weighted by Gasteiger charge is 2.27. The van der Waals surface area contributed by atoms with Crippen LogP contribution in [0.2, 0.25) is 0 Å². The van der Waals surface area contributed by atoms with Crippen LogP contribution in [0.3, 0.4) is 0 Å². The van der Waals surface area contributed by atoms with Crippen molar-refractivity contribution in [1.29, 1.82) is 0 Å². The van der Waals surface area contributed by atoms with Crippen LogP contribution in [0.4, 0.5) is 17.5 Å². The number of hydrogen-bond acceptors (Lipinski definition) is 7. The van der Waals surface area contributed by atoms with Crippen molar-refractivity contribution in [3.05, 3.63) is 35.5 Å². The Labute approximate surface area is 176 Å². The molecule has 9 nitrogen and oxygen atoms in total. The van der Waals surface area contributed by atoms with Gasteiger partial charge in [0.05, 0.1) is 0 Å². The normalized spacial score (nSPS) is 18.7. The Bertz CT molecular complexity index is 899. The zero-order chi connectivity index (χ0) is 21.7. The van der Waals surface area contributed by atoms with E-state index in [1.807, 2.05) is 24.3 Å². The molecule has 9 heteroatoms. The average molecular weight is 412 g/mol. The van der Waals surface area contributed by atoms with Crippen molar-refractivity contribution in [2.75, 3.05) is 10.6 Å². The van der Waals surface area contributed by atoms with Crippen molar-refractivity contribution in [1.82, 2.24) is 20.5 Å². The highest BCUT2D eigenvalue weighted by molar-refractivity contribution is 5.96. The molecule has 1 aliphatic carbocycles. The molecule has 1 heterocycles. The quantitative estimate of drug-likeness (QED) is 0.550. The van der Waals surface area contributed by atoms with Crippen LogP contribution in [0, 0.1) is 0 Å². The van der Waals surface area contributed by atoms with Gasteiger partial charge in [0.1, 0.15) is 0 Å². The molecule has 1 saturated carbocycles. The SMILES string of the molecule is CC(=O)N[C@@H]1CCCC[C@H]1Nc1nnc(C(N)=O)c(Nc2ccc(C(C)C)cc2)n1. The van der Waals surface area contributed by atoms with Crippen molar-refractivity contribution in [2.24, 2.45) is 5.73 Å². The molecule has 160 valence electrons. The molecule has 1 aromatic heterocycles. The molecular formula is C21H29N7O2. The van der Waals surface area contributed by atoms with E-state index >= 15 is 0 Å². The molecule has 0 aliphatic heterocycles. The Morgan fingerprint density at radius 1 is 1.07 bits per heavy atom. The first kappa shape index (κ1) is 21.5. The minimum absolute atomic E-state index is 0.00402. The first-order chi connectivity index (χ1) is 14.3. The largest absolute Gasteiger partial charge is 0.364 e. The average Bonchev–Trinajstić information content (AvgIpc) is 2.69. The molecule has 5 N–H and O–H groups in total. The third-order valence-corrected chi connectivity index (χ3v) is 5.23. The number of rotatable bonds is 7. The summed E-state index contributed by atoms with van der Waals surface area (Å²) in [5.74, 6) is 0.164. The summed E-state index contributed by atoms with van der Waals surface area (Å²) < 4.78 is 0. The number of nitrogens with zero attached hydrogens (tertiary/aromatic N) is 3. The Morgan fingerprint density at radius 2 is 1.73 bits per heavy atom. The molecule has 0 saturated heterocycles. The molecule has 30 heavy (non-hydrogen) atoms. The number of hydrogen-bond donors (Lipinski definition) is 4. The minimum Gasteiger partial charge on any atom is -0.364 e. The molecule has 2 aromatic rings. The Hall–Kier alpha value is -3.23. The Morgan fingerprint density at radius 3 is 2.33 bits per heavy atom. The fourth-order valence-electron chi connectivity index (χ4n) is 3.63. The zero-order valence-corrected chi connectivity index (χ0v) is 17.6. The molecular weight excluding hydrogens is 382 g/mol. The molecule has 0 radical (unpaired) electrons. The van der Waals surface area contributed by atoms with Gasteiger partial charge in [-0.15, -0.1) is 10.2 Å². The fourth-order valence-corrected chi connectivity index (χ4v) is 3.63. The molecule has 1 aliphatic rings. The van der Waals surface area contributed by atoms with E-state index in [0.29, 0.717) is 5.92 Å². The summed E-state index contributed by atoms with van der Waals surface area (Å²) in [5, 5.41) is 17.4. The molecule has 2 atom stereocenters. The zero-order valence-electron chi connectivity index (χ0n) is 17.6. The van der Waals surface area contributed by atoms with Crippen LogP contribution in [0.1, 0.15) is 68.4 Å². The van der Waals surface area contributed by atoms with E-state index in [1.165, 1.54) is 12.5 Å². The van der Waals surface area contributed by atoms with Crippen molar-refractivity contribution >= 4 is 29.3 Å². The summed E-state index contributed by atoms with van der Waals surface area (Å²) in [4.78, 5) is 27.8. The Balaban J connectivity index is 1.81. The second-order valence-electron chi connectivity index (χ2n) is 7.94. The van der Waals surface area contributed by atoms with Crippen LogP contribution in [-0.4, -0.2) is 39.1 Å². The van der Waals surface area contributed by atoms with Crippen molar-refractivity contribution in [3.63, 3.8) is 0 Å². The fraction of sp³-hybridized carbons (Fsp3) is 0.476. The van der Waals surface area contributed by atoms with E-state index < -0.39 is 5.91 Å². The number of nitrogens with two attached hydrogens (primary N) is 1. The number of carbonyl (C=O) groups excluding carboxylic acids is 2. The van der Waals surface area contributed by atoms with Crippen molar-refractivity contribution < 1.29 is 9.59 Å². The lowest BCUT2D eigenvalue weighted by Gasteiger charge is -2.32. The summed E-state index contributed by atoms with van der Waals surface area (Å²) >= 11 is 0. The van der Waals surface area contributed by atoms with Crippen LogP contribution >= 0.6 is 0 Å². The third-order valence-electron chi connectivity index (χ3n) is 5.23. The summed E-state index contributed by atoms with van der Waals surface area (Å²) in [6, 6.07) is 7.86. The number of nitrogens with one attached hydrogen (secondary N) is 3. The molecule has 1 fully saturated rings. The lowest BCUT2D eigenvalue weighted by Crippen LogP contribution is -2.48. The monoisotopic (exact) mass is 411 g/mol. The molecule has 3 rings (SSSR count). The third kappa shape index (κ3) is 5.43. The lowest BCUT2D eigenvalue weighted by molar-refractivity contribution is -0.119. The number of amides is 2. The van der Waals surface area contributed by atoms with Gasteiger partial charge in [-0.1, -0.05) is 38.8 Å². The summed E-state index contributed by atoms with van der Waals surface area (Å²) in [6.07, 6.45) is 3.87. The molecule has 2 amide bonds. The summed E-state index contributed by atoms with van der Waals surface area (Å²) in [6.45, 7) is 5.76. The Kier molecular flexibility index (Phi) is 6.81. The van der Waals surface area contributed by atoms with Gasteiger partial charge in [-0.05, 0) is 36.5 Å². The van der Waals surface area contributed by atoms with E-state index in [9.17, 15) is 9.59 Å². The maximum absolute atomic E-state index is 11.8. The van der Waals surface area contributed by atoms with E-state index in [2.05, 4.69) is 45.0 Å². The van der Waals surface area contributed by atoms with Gasteiger partial charge in [-0.25, -0.2) is 0 Å². The molecule has 1 aromatic carbocycles. The first-order valence-corrected chi connectivity index (χ1v) is 10.3. The smallest absolute Gasteiger partial charge is 0.273 e. The number of anilines is 3. The number of primary amides is 1. The number of carbonyl (C=O) groups is 2. The summed E-state index contributed by atoms with van der Waals surface area (Å²) in [7, 11) is 0. The lowest BCUT2D eigenvalue weighted by atomic mass is 9.90. The van der Waals surface area contributed by atoms with Gasteiger partial charge in [0, 0.05) is 24.7 Å². The van der Waals surface area contributed by atoms with Gasteiger partial charge in [0.2, 0.25) is 11.9 Å². The van der Waals surface area contributed by atoms with E-state index in [4.69, 9.17) is 5.73 Å².